The van der Waals surface area contributed by atoms with Crippen molar-refractivity contribution in [3.8, 4) is 0 Å². The largest absolute Gasteiger partial charge is 0.310 e. The second-order valence-corrected chi connectivity index (χ2v) is 4.95. The van der Waals surface area contributed by atoms with Gasteiger partial charge in [0.2, 0.25) is 0 Å². The van der Waals surface area contributed by atoms with Crippen LogP contribution in [0.5, 0.6) is 0 Å². The van der Waals surface area contributed by atoms with Crippen LogP contribution in [0.2, 0.25) is 15.1 Å². The standard InChI is InChI=1S/C11H12Cl3N.ClH/c12-7-4-5-8(13)11(14)10(7)9-3-1-2-6-15-9;/h4-5,9,15H,1-3,6H2;1H/t9-;/m1./s1. The van der Waals surface area contributed by atoms with Crippen molar-refractivity contribution in [1.82, 2.24) is 5.32 Å². The summed E-state index contributed by atoms with van der Waals surface area (Å²) in [7, 11) is 0. The average Bonchev–Trinajstić information content (AvgIpc) is 2.26. The molecule has 1 aliphatic rings. The van der Waals surface area contributed by atoms with Crippen molar-refractivity contribution in [2.24, 2.45) is 0 Å². The van der Waals surface area contributed by atoms with Crippen LogP contribution >= 0.6 is 47.2 Å². The Kier molecular flexibility index (Phi) is 5.69. The van der Waals surface area contributed by atoms with Crippen LogP contribution in [0.1, 0.15) is 30.9 Å². The molecule has 0 amide bonds. The van der Waals surface area contributed by atoms with E-state index >= 15 is 0 Å². The van der Waals surface area contributed by atoms with Gasteiger partial charge < -0.3 is 5.32 Å². The van der Waals surface area contributed by atoms with Crippen molar-refractivity contribution in [3.05, 3.63) is 32.8 Å². The monoisotopic (exact) mass is 299 g/mol. The van der Waals surface area contributed by atoms with Gasteiger partial charge in [-0.3, -0.25) is 0 Å². The molecule has 1 N–H and O–H groups in total. The van der Waals surface area contributed by atoms with Crippen molar-refractivity contribution in [2.75, 3.05) is 6.54 Å². The fourth-order valence-corrected chi connectivity index (χ4v) is 2.76. The minimum atomic E-state index is 0. The van der Waals surface area contributed by atoms with Crippen molar-refractivity contribution in [3.63, 3.8) is 0 Å². The summed E-state index contributed by atoms with van der Waals surface area (Å²) in [5, 5.41) is 5.27. The lowest BCUT2D eigenvalue weighted by atomic mass is 9.97. The molecule has 1 nitrogen and oxygen atoms in total. The minimum absolute atomic E-state index is 0. The quantitative estimate of drug-likeness (QED) is 0.729. The molecular formula is C11H13Cl4N. The number of piperidine rings is 1. The van der Waals surface area contributed by atoms with Gasteiger partial charge in [0.25, 0.3) is 0 Å². The molecule has 0 radical (unpaired) electrons. The van der Waals surface area contributed by atoms with Gasteiger partial charge in [-0.2, -0.15) is 0 Å². The molecule has 1 fully saturated rings. The Labute approximate surface area is 117 Å². The van der Waals surface area contributed by atoms with E-state index in [9.17, 15) is 0 Å². The third-order valence-corrected chi connectivity index (χ3v) is 3.89. The highest BCUT2D eigenvalue weighted by Crippen LogP contribution is 2.38. The Hall–Kier alpha value is 0.340. The molecule has 1 atom stereocenters. The number of hydrogen-bond acceptors (Lipinski definition) is 1. The van der Waals surface area contributed by atoms with Gasteiger partial charge in [-0.05, 0) is 31.5 Å². The average molecular weight is 301 g/mol. The van der Waals surface area contributed by atoms with Gasteiger partial charge in [-0.1, -0.05) is 41.2 Å². The van der Waals surface area contributed by atoms with Gasteiger partial charge in [0.1, 0.15) is 0 Å². The number of hydrogen-bond donors (Lipinski definition) is 1. The molecule has 0 aromatic heterocycles. The summed E-state index contributed by atoms with van der Waals surface area (Å²) in [6.45, 7) is 1.02. The van der Waals surface area contributed by atoms with E-state index < -0.39 is 0 Å². The summed E-state index contributed by atoms with van der Waals surface area (Å²) in [6, 6.07) is 3.79. The highest BCUT2D eigenvalue weighted by atomic mass is 35.5. The summed E-state index contributed by atoms with van der Waals surface area (Å²) >= 11 is 18.3. The number of benzene rings is 1. The van der Waals surface area contributed by atoms with Crippen LogP contribution in [-0.2, 0) is 0 Å². The molecule has 1 aromatic carbocycles. The zero-order valence-electron chi connectivity index (χ0n) is 8.60. The summed E-state index contributed by atoms with van der Waals surface area (Å²) in [5.41, 5.74) is 0.950. The number of halogens is 4. The van der Waals surface area contributed by atoms with Gasteiger partial charge >= 0.3 is 0 Å². The van der Waals surface area contributed by atoms with Crippen molar-refractivity contribution in [1.29, 1.82) is 0 Å². The van der Waals surface area contributed by atoms with Gasteiger partial charge in [-0.25, -0.2) is 0 Å². The molecule has 0 aliphatic carbocycles. The highest BCUT2D eigenvalue weighted by molar-refractivity contribution is 6.44. The van der Waals surface area contributed by atoms with Crippen LogP contribution in [0.4, 0.5) is 0 Å². The molecule has 16 heavy (non-hydrogen) atoms. The maximum absolute atomic E-state index is 6.18. The van der Waals surface area contributed by atoms with E-state index in [1.165, 1.54) is 12.8 Å². The lowest BCUT2D eigenvalue weighted by Crippen LogP contribution is -2.27. The molecule has 2 rings (SSSR count). The van der Waals surface area contributed by atoms with E-state index in [1.807, 2.05) is 0 Å². The van der Waals surface area contributed by atoms with Crippen LogP contribution in [0, 0.1) is 0 Å². The van der Waals surface area contributed by atoms with Crippen LogP contribution in [-0.4, -0.2) is 6.54 Å². The highest BCUT2D eigenvalue weighted by Gasteiger charge is 2.21. The fraction of sp³-hybridized carbons (Fsp3) is 0.455. The number of rotatable bonds is 1. The summed E-state index contributed by atoms with van der Waals surface area (Å²) in [4.78, 5) is 0. The summed E-state index contributed by atoms with van der Waals surface area (Å²) in [6.07, 6.45) is 3.49. The van der Waals surface area contributed by atoms with Gasteiger partial charge in [0.15, 0.2) is 0 Å². The lowest BCUT2D eigenvalue weighted by Gasteiger charge is -2.25. The molecule has 0 bridgehead atoms. The lowest BCUT2D eigenvalue weighted by molar-refractivity contribution is 0.412. The molecule has 1 saturated heterocycles. The first-order chi connectivity index (χ1) is 7.20. The molecule has 5 heteroatoms. The Morgan fingerprint density at radius 3 is 2.38 bits per heavy atom. The first kappa shape index (κ1) is 14.4. The predicted octanol–water partition coefficient (Wildman–Crippen LogP) is 4.88. The molecule has 0 unspecified atom stereocenters. The zero-order chi connectivity index (χ0) is 10.8. The smallest absolute Gasteiger partial charge is 0.0655 e. The molecule has 1 heterocycles. The van der Waals surface area contributed by atoms with Crippen LogP contribution in [0.15, 0.2) is 12.1 Å². The third kappa shape index (κ3) is 2.96. The fourth-order valence-electron chi connectivity index (χ4n) is 1.96. The predicted molar refractivity (Wildman–Crippen MR) is 73.3 cm³/mol. The second kappa shape index (κ2) is 6.32. The molecule has 0 spiro atoms. The van der Waals surface area contributed by atoms with E-state index in [-0.39, 0.29) is 18.4 Å². The molecule has 0 saturated carbocycles. The number of nitrogens with one attached hydrogen (secondary N) is 1. The molecule has 1 aliphatic heterocycles. The second-order valence-electron chi connectivity index (χ2n) is 3.76. The van der Waals surface area contributed by atoms with Gasteiger partial charge in [0, 0.05) is 16.6 Å². The SMILES string of the molecule is Cl.Clc1ccc(Cl)c([C@H]2CCCCN2)c1Cl. The Balaban J connectivity index is 0.00000128. The summed E-state index contributed by atoms with van der Waals surface area (Å²) in [5.74, 6) is 0. The van der Waals surface area contributed by atoms with Crippen LogP contribution in [0.3, 0.4) is 0 Å². The maximum Gasteiger partial charge on any atom is 0.0655 e. The van der Waals surface area contributed by atoms with Crippen LogP contribution < -0.4 is 5.32 Å². The molecule has 1 aromatic rings. The Bertz CT molecular complexity index is 361. The normalized spacial score (nSPS) is 20.3. The first-order valence-corrected chi connectivity index (χ1v) is 6.20. The van der Waals surface area contributed by atoms with Crippen molar-refractivity contribution >= 4 is 47.2 Å². The Morgan fingerprint density at radius 2 is 1.75 bits per heavy atom. The summed E-state index contributed by atoms with van der Waals surface area (Å²) < 4.78 is 0. The van der Waals surface area contributed by atoms with Crippen molar-refractivity contribution in [2.45, 2.75) is 25.3 Å². The Morgan fingerprint density at radius 1 is 1.06 bits per heavy atom. The van der Waals surface area contributed by atoms with Gasteiger partial charge in [-0.15, -0.1) is 12.4 Å². The molecule has 90 valence electrons. The van der Waals surface area contributed by atoms with E-state index in [0.29, 0.717) is 15.1 Å². The first-order valence-electron chi connectivity index (χ1n) is 5.07. The van der Waals surface area contributed by atoms with E-state index in [1.54, 1.807) is 12.1 Å². The van der Waals surface area contributed by atoms with Gasteiger partial charge in [0.05, 0.1) is 10.0 Å². The van der Waals surface area contributed by atoms with Crippen LogP contribution in [0.25, 0.3) is 0 Å². The molecular weight excluding hydrogens is 288 g/mol. The minimum Gasteiger partial charge on any atom is -0.310 e. The van der Waals surface area contributed by atoms with Crippen molar-refractivity contribution < 1.29 is 0 Å². The topological polar surface area (TPSA) is 12.0 Å². The van der Waals surface area contributed by atoms with E-state index in [0.717, 1.165) is 18.5 Å². The maximum atomic E-state index is 6.18. The van der Waals surface area contributed by atoms with E-state index in [4.69, 9.17) is 34.8 Å². The van der Waals surface area contributed by atoms with E-state index in [2.05, 4.69) is 5.32 Å². The third-order valence-electron chi connectivity index (χ3n) is 2.74. The zero-order valence-corrected chi connectivity index (χ0v) is 11.7.